The average Bonchev–Trinajstić information content (AvgIpc) is 2.68. The number of hydrogen-bond acceptors (Lipinski definition) is 4. The van der Waals surface area contributed by atoms with E-state index in [4.69, 9.17) is 16.3 Å². The Kier molecular flexibility index (Phi) is 5.95. The Morgan fingerprint density at radius 2 is 1.59 bits per heavy atom. The maximum Gasteiger partial charge on any atom is 0.337 e. The van der Waals surface area contributed by atoms with E-state index in [1.807, 2.05) is 30.3 Å². The van der Waals surface area contributed by atoms with Crippen molar-refractivity contribution in [2.75, 3.05) is 5.32 Å². The van der Waals surface area contributed by atoms with Gasteiger partial charge in [0.2, 0.25) is 0 Å². The number of anilines is 1. The van der Waals surface area contributed by atoms with Crippen molar-refractivity contribution < 1.29 is 24.2 Å². The smallest absolute Gasteiger partial charge is 0.337 e. The van der Waals surface area contributed by atoms with E-state index in [9.17, 15) is 19.5 Å². The summed E-state index contributed by atoms with van der Waals surface area (Å²) in [6, 6.07) is 18.2. The van der Waals surface area contributed by atoms with Crippen LogP contribution in [0.25, 0.3) is 11.1 Å². The summed E-state index contributed by atoms with van der Waals surface area (Å²) in [5.74, 6) is -2.45. The lowest BCUT2D eigenvalue weighted by atomic mass is 10.0. The molecule has 0 atom stereocenters. The van der Waals surface area contributed by atoms with Crippen LogP contribution in [-0.4, -0.2) is 23.0 Å². The van der Waals surface area contributed by atoms with Crippen LogP contribution in [0.3, 0.4) is 0 Å². The molecule has 3 aromatic carbocycles. The standard InChI is InChI=1S/C22H16ClNO5/c1-13(25)29-20-12-16(23)8-10-18(20)21(26)24-19-11-15(7-9-17(19)22(27)28)14-5-3-2-4-6-14/h2-12H,1H3,(H,24,26)(H,27,28). The van der Waals surface area contributed by atoms with Crippen LogP contribution in [0, 0.1) is 0 Å². The van der Waals surface area contributed by atoms with Crippen LogP contribution in [0.15, 0.2) is 66.7 Å². The van der Waals surface area contributed by atoms with Gasteiger partial charge in [-0.15, -0.1) is 0 Å². The van der Waals surface area contributed by atoms with Gasteiger partial charge in [0, 0.05) is 18.0 Å². The molecule has 7 heteroatoms. The molecule has 0 saturated heterocycles. The number of carboxylic acid groups (broad SMARTS) is 1. The molecule has 3 rings (SSSR count). The van der Waals surface area contributed by atoms with Gasteiger partial charge in [-0.05, 0) is 35.4 Å². The van der Waals surface area contributed by atoms with Gasteiger partial charge >= 0.3 is 11.9 Å². The summed E-state index contributed by atoms with van der Waals surface area (Å²) in [5, 5.41) is 12.4. The molecule has 0 aliphatic carbocycles. The zero-order valence-corrected chi connectivity index (χ0v) is 16.1. The van der Waals surface area contributed by atoms with E-state index in [1.165, 1.54) is 31.2 Å². The van der Waals surface area contributed by atoms with Gasteiger partial charge in [0.15, 0.2) is 0 Å². The highest BCUT2D eigenvalue weighted by atomic mass is 35.5. The van der Waals surface area contributed by atoms with Crippen molar-refractivity contribution in [3.63, 3.8) is 0 Å². The Balaban J connectivity index is 2.00. The Hall–Kier alpha value is -3.64. The molecule has 0 aliphatic heterocycles. The fourth-order valence-electron chi connectivity index (χ4n) is 2.76. The molecule has 6 nitrogen and oxygen atoms in total. The molecular formula is C22H16ClNO5. The predicted octanol–water partition coefficient (Wildman–Crippen LogP) is 4.88. The third-order valence-corrected chi connectivity index (χ3v) is 4.28. The first kappa shape index (κ1) is 20.1. The van der Waals surface area contributed by atoms with Crippen molar-refractivity contribution in [3.05, 3.63) is 82.9 Å². The van der Waals surface area contributed by atoms with Crippen molar-refractivity contribution in [1.82, 2.24) is 0 Å². The Morgan fingerprint density at radius 1 is 0.897 bits per heavy atom. The maximum atomic E-state index is 12.8. The van der Waals surface area contributed by atoms with E-state index in [-0.39, 0.29) is 27.6 Å². The number of halogens is 1. The number of ether oxygens (including phenoxy) is 1. The largest absolute Gasteiger partial charge is 0.478 e. The number of benzene rings is 3. The summed E-state index contributed by atoms with van der Waals surface area (Å²) in [6.45, 7) is 1.20. The van der Waals surface area contributed by atoms with E-state index >= 15 is 0 Å². The molecule has 0 aromatic heterocycles. The lowest BCUT2D eigenvalue weighted by Gasteiger charge is -2.13. The summed E-state index contributed by atoms with van der Waals surface area (Å²) in [6.07, 6.45) is 0. The minimum absolute atomic E-state index is 0.0152. The highest BCUT2D eigenvalue weighted by Gasteiger charge is 2.19. The zero-order valence-electron chi connectivity index (χ0n) is 15.3. The van der Waals surface area contributed by atoms with Gasteiger partial charge in [0.25, 0.3) is 5.91 Å². The number of carbonyl (C=O) groups excluding carboxylic acids is 2. The van der Waals surface area contributed by atoms with Crippen LogP contribution in [0.1, 0.15) is 27.6 Å². The fourth-order valence-corrected chi connectivity index (χ4v) is 2.92. The number of carbonyl (C=O) groups is 3. The van der Waals surface area contributed by atoms with Crippen molar-refractivity contribution in [1.29, 1.82) is 0 Å². The third kappa shape index (κ3) is 4.80. The minimum atomic E-state index is -1.18. The van der Waals surface area contributed by atoms with Crippen LogP contribution in [0.4, 0.5) is 5.69 Å². The summed E-state index contributed by atoms with van der Waals surface area (Å²) < 4.78 is 5.06. The molecule has 146 valence electrons. The van der Waals surface area contributed by atoms with Crippen LogP contribution in [0.2, 0.25) is 5.02 Å². The molecule has 0 saturated carbocycles. The molecule has 1 amide bonds. The number of nitrogens with one attached hydrogen (secondary N) is 1. The minimum Gasteiger partial charge on any atom is -0.478 e. The molecule has 29 heavy (non-hydrogen) atoms. The number of esters is 1. The van der Waals surface area contributed by atoms with Crippen molar-refractivity contribution >= 4 is 35.1 Å². The molecule has 0 spiro atoms. The second-order valence-electron chi connectivity index (χ2n) is 6.12. The highest BCUT2D eigenvalue weighted by molar-refractivity contribution is 6.31. The number of carboxylic acids is 1. The number of aromatic carboxylic acids is 1. The van der Waals surface area contributed by atoms with Gasteiger partial charge in [-0.3, -0.25) is 9.59 Å². The first-order valence-corrected chi connectivity index (χ1v) is 8.95. The van der Waals surface area contributed by atoms with Gasteiger partial charge in [0.1, 0.15) is 5.75 Å². The molecule has 0 aliphatic rings. The topological polar surface area (TPSA) is 92.7 Å². The van der Waals surface area contributed by atoms with Crippen molar-refractivity contribution in [3.8, 4) is 16.9 Å². The van der Waals surface area contributed by atoms with Crippen molar-refractivity contribution in [2.24, 2.45) is 0 Å². The second-order valence-corrected chi connectivity index (χ2v) is 6.56. The molecule has 0 bridgehead atoms. The fraction of sp³-hybridized carbons (Fsp3) is 0.0455. The monoisotopic (exact) mass is 409 g/mol. The summed E-state index contributed by atoms with van der Waals surface area (Å²) in [4.78, 5) is 35.7. The first-order chi connectivity index (χ1) is 13.8. The third-order valence-electron chi connectivity index (χ3n) is 4.05. The van der Waals surface area contributed by atoms with Gasteiger partial charge in [-0.25, -0.2) is 4.79 Å². The Labute approximate surface area is 171 Å². The molecule has 0 radical (unpaired) electrons. The maximum absolute atomic E-state index is 12.8. The average molecular weight is 410 g/mol. The lowest BCUT2D eigenvalue weighted by Crippen LogP contribution is -2.17. The van der Waals surface area contributed by atoms with Crippen LogP contribution >= 0.6 is 11.6 Å². The predicted molar refractivity (Wildman–Crippen MR) is 110 cm³/mol. The normalized spacial score (nSPS) is 10.3. The molecule has 3 aromatic rings. The van der Waals surface area contributed by atoms with Gasteiger partial charge in [-0.1, -0.05) is 48.0 Å². The van der Waals surface area contributed by atoms with Crippen LogP contribution in [-0.2, 0) is 4.79 Å². The Bertz CT molecular complexity index is 1100. The van der Waals surface area contributed by atoms with Gasteiger partial charge < -0.3 is 15.2 Å². The summed E-state index contributed by atoms with van der Waals surface area (Å²) in [7, 11) is 0. The molecule has 0 heterocycles. The van der Waals surface area contributed by atoms with Gasteiger partial charge in [0.05, 0.1) is 16.8 Å². The molecule has 0 fully saturated rings. The van der Waals surface area contributed by atoms with E-state index in [0.717, 1.165) is 11.1 Å². The second kappa shape index (κ2) is 8.58. The van der Waals surface area contributed by atoms with Crippen molar-refractivity contribution in [2.45, 2.75) is 6.92 Å². The van der Waals surface area contributed by atoms with Gasteiger partial charge in [-0.2, -0.15) is 0 Å². The summed E-state index contributed by atoms with van der Waals surface area (Å²) in [5.41, 5.74) is 1.70. The quantitative estimate of drug-likeness (QED) is 0.462. The SMILES string of the molecule is CC(=O)Oc1cc(Cl)ccc1C(=O)Nc1cc(-c2ccccc2)ccc1C(=O)O. The van der Waals surface area contributed by atoms with Crippen LogP contribution in [0.5, 0.6) is 5.75 Å². The number of amides is 1. The zero-order chi connectivity index (χ0) is 21.0. The van der Waals surface area contributed by atoms with Crippen LogP contribution < -0.4 is 10.1 Å². The van der Waals surface area contributed by atoms with E-state index in [0.29, 0.717) is 0 Å². The molecule has 0 unspecified atom stereocenters. The van der Waals surface area contributed by atoms with E-state index < -0.39 is 17.8 Å². The number of rotatable bonds is 5. The molecular weight excluding hydrogens is 394 g/mol. The number of hydrogen-bond donors (Lipinski definition) is 2. The first-order valence-electron chi connectivity index (χ1n) is 8.57. The lowest BCUT2D eigenvalue weighted by molar-refractivity contribution is -0.131. The Morgan fingerprint density at radius 3 is 2.24 bits per heavy atom. The molecule has 2 N–H and O–H groups in total. The summed E-state index contributed by atoms with van der Waals surface area (Å²) >= 11 is 5.92. The van der Waals surface area contributed by atoms with E-state index in [1.54, 1.807) is 12.1 Å². The highest BCUT2D eigenvalue weighted by Crippen LogP contribution is 2.28. The van der Waals surface area contributed by atoms with E-state index in [2.05, 4.69) is 5.32 Å².